The molecule has 130 valence electrons. The van der Waals surface area contributed by atoms with Crippen LogP contribution in [0.2, 0.25) is 0 Å². The van der Waals surface area contributed by atoms with E-state index in [2.05, 4.69) is 43.5 Å². The van der Waals surface area contributed by atoms with Crippen molar-refractivity contribution in [3.05, 3.63) is 35.4 Å². The van der Waals surface area contributed by atoms with Gasteiger partial charge in [0.1, 0.15) is 12.1 Å². The van der Waals surface area contributed by atoms with Gasteiger partial charge in [0.2, 0.25) is 11.8 Å². The molecule has 2 saturated heterocycles. The van der Waals surface area contributed by atoms with Gasteiger partial charge in [0.05, 0.1) is 0 Å². The Morgan fingerprint density at radius 1 is 1.29 bits per heavy atom. The van der Waals surface area contributed by atoms with Gasteiger partial charge in [-0.25, -0.2) is 0 Å². The molecule has 2 amide bonds. The molecule has 1 aromatic carbocycles. The first kappa shape index (κ1) is 17.0. The molecule has 0 bridgehead atoms. The average Bonchev–Trinajstić information content (AvgIpc) is 2.96. The molecule has 1 aromatic rings. The number of rotatable bonds is 5. The molecule has 0 spiro atoms. The van der Waals surface area contributed by atoms with Crippen molar-refractivity contribution in [2.75, 3.05) is 6.54 Å². The largest absolute Gasteiger partial charge is 0.342 e. The standard InChI is InChI=1S/C19H27N3O2/c1-12(2)8-16-19(24)22-11-15(9-17(22)18(23)21-16)20-10-14-7-5-4-6-13(14)3/h4-7,12,15-17,20H,8-11H2,1-3H3,(H,21,23)/t15-,16-,17-/m0/s1. The van der Waals surface area contributed by atoms with E-state index in [-0.39, 0.29) is 29.9 Å². The second kappa shape index (κ2) is 6.93. The van der Waals surface area contributed by atoms with Gasteiger partial charge in [-0.1, -0.05) is 38.1 Å². The van der Waals surface area contributed by atoms with Crippen molar-refractivity contribution in [3.8, 4) is 0 Å². The van der Waals surface area contributed by atoms with Gasteiger partial charge in [-0.05, 0) is 36.8 Å². The summed E-state index contributed by atoms with van der Waals surface area (Å²) in [6.45, 7) is 7.63. The van der Waals surface area contributed by atoms with Gasteiger partial charge in [0.15, 0.2) is 0 Å². The van der Waals surface area contributed by atoms with E-state index in [0.717, 1.165) is 6.54 Å². The molecule has 3 atom stereocenters. The van der Waals surface area contributed by atoms with Crippen LogP contribution in [0.1, 0.15) is 37.8 Å². The molecule has 5 nitrogen and oxygen atoms in total. The van der Waals surface area contributed by atoms with Crippen molar-refractivity contribution in [1.29, 1.82) is 0 Å². The number of benzene rings is 1. The first-order chi connectivity index (χ1) is 11.5. The second-order valence-corrected chi connectivity index (χ2v) is 7.44. The Balaban J connectivity index is 1.62. The minimum absolute atomic E-state index is 0.000409. The van der Waals surface area contributed by atoms with Crippen LogP contribution in [0.15, 0.2) is 24.3 Å². The van der Waals surface area contributed by atoms with Crippen LogP contribution in [0, 0.1) is 12.8 Å². The summed E-state index contributed by atoms with van der Waals surface area (Å²) in [4.78, 5) is 26.8. The molecule has 0 radical (unpaired) electrons. The van der Waals surface area contributed by atoms with Gasteiger partial charge in [0, 0.05) is 19.1 Å². The van der Waals surface area contributed by atoms with E-state index in [1.807, 2.05) is 12.1 Å². The summed E-state index contributed by atoms with van der Waals surface area (Å²) in [5, 5.41) is 6.43. The highest BCUT2D eigenvalue weighted by molar-refractivity contribution is 5.97. The molecule has 0 aromatic heterocycles. The summed E-state index contributed by atoms with van der Waals surface area (Å²) in [5.41, 5.74) is 2.52. The van der Waals surface area contributed by atoms with Crippen LogP contribution < -0.4 is 10.6 Å². The molecule has 0 saturated carbocycles. The molecule has 2 aliphatic heterocycles. The number of carbonyl (C=O) groups excluding carboxylic acids is 2. The van der Waals surface area contributed by atoms with Crippen LogP contribution in [0.3, 0.4) is 0 Å². The van der Waals surface area contributed by atoms with Crippen LogP contribution >= 0.6 is 0 Å². The number of aryl methyl sites for hydroxylation is 1. The third-order valence-electron chi connectivity index (χ3n) is 5.05. The van der Waals surface area contributed by atoms with Crippen LogP contribution in [-0.4, -0.2) is 41.4 Å². The lowest BCUT2D eigenvalue weighted by Gasteiger charge is -2.35. The topological polar surface area (TPSA) is 61.4 Å². The van der Waals surface area contributed by atoms with Crippen molar-refractivity contribution in [2.45, 2.75) is 58.3 Å². The Hall–Kier alpha value is -1.88. The minimum atomic E-state index is -0.358. The molecule has 2 N–H and O–H groups in total. The van der Waals surface area contributed by atoms with Crippen LogP contribution in [0.5, 0.6) is 0 Å². The number of hydrogen-bond donors (Lipinski definition) is 2. The van der Waals surface area contributed by atoms with Crippen molar-refractivity contribution < 1.29 is 9.59 Å². The number of amides is 2. The van der Waals surface area contributed by atoms with Gasteiger partial charge in [-0.15, -0.1) is 0 Å². The smallest absolute Gasteiger partial charge is 0.245 e. The van der Waals surface area contributed by atoms with Crippen LogP contribution in [-0.2, 0) is 16.1 Å². The zero-order chi connectivity index (χ0) is 17.3. The van der Waals surface area contributed by atoms with Crippen molar-refractivity contribution in [2.24, 2.45) is 5.92 Å². The van der Waals surface area contributed by atoms with E-state index in [4.69, 9.17) is 0 Å². The first-order valence-electron chi connectivity index (χ1n) is 8.84. The highest BCUT2D eigenvalue weighted by Crippen LogP contribution is 2.25. The normalized spacial score (nSPS) is 26.7. The van der Waals surface area contributed by atoms with E-state index in [1.165, 1.54) is 11.1 Å². The Bertz CT molecular complexity index is 629. The molecule has 24 heavy (non-hydrogen) atoms. The van der Waals surface area contributed by atoms with Crippen LogP contribution in [0.25, 0.3) is 0 Å². The molecular formula is C19H27N3O2. The number of fused-ring (bicyclic) bond motifs is 1. The predicted octanol–water partition coefficient (Wildman–Crippen LogP) is 1.60. The van der Waals surface area contributed by atoms with Gasteiger partial charge in [0.25, 0.3) is 0 Å². The monoisotopic (exact) mass is 329 g/mol. The first-order valence-corrected chi connectivity index (χ1v) is 8.84. The lowest BCUT2D eigenvalue weighted by atomic mass is 9.99. The molecule has 0 aliphatic carbocycles. The maximum Gasteiger partial charge on any atom is 0.245 e. The highest BCUT2D eigenvalue weighted by Gasteiger charge is 2.46. The number of nitrogens with zero attached hydrogens (tertiary/aromatic N) is 1. The van der Waals surface area contributed by atoms with E-state index in [1.54, 1.807) is 4.90 Å². The number of carbonyl (C=O) groups is 2. The molecule has 2 heterocycles. The Kier molecular flexibility index (Phi) is 4.90. The average molecular weight is 329 g/mol. The van der Waals surface area contributed by atoms with Crippen molar-refractivity contribution in [1.82, 2.24) is 15.5 Å². The fraction of sp³-hybridized carbons (Fsp3) is 0.579. The second-order valence-electron chi connectivity index (χ2n) is 7.44. The Morgan fingerprint density at radius 2 is 2.04 bits per heavy atom. The fourth-order valence-corrected chi connectivity index (χ4v) is 3.70. The fourth-order valence-electron chi connectivity index (χ4n) is 3.70. The third-order valence-corrected chi connectivity index (χ3v) is 5.05. The SMILES string of the molecule is Cc1ccccc1CN[C@H]1C[C@H]2C(=O)N[C@@H](CC(C)C)C(=O)N2C1. The summed E-state index contributed by atoms with van der Waals surface area (Å²) in [6.07, 6.45) is 1.40. The lowest BCUT2D eigenvalue weighted by Crippen LogP contribution is -2.61. The Labute approximate surface area is 143 Å². The highest BCUT2D eigenvalue weighted by atomic mass is 16.2. The van der Waals surface area contributed by atoms with Gasteiger partial charge < -0.3 is 15.5 Å². The van der Waals surface area contributed by atoms with Crippen molar-refractivity contribution >= 4 is 11.8 Å². The van der Waals surface area contributed by atoms with Gasteiger partial charge in [-0.3, -0.25) is 9.59 Å². The molecule has 3 rings (SSSR count). The zero-order valence-corrected chi connectivity index (χ0v) is 14.7. The minimum Gasteiger partial charge on any atom is -0.342 e. The van der Waals surface area contributed by atoms with Gasteiger partial charge in [-0.2, -0.15) is 0 Å². The summed E-state index contributed by atoms with van der Waals surface area (Å²) in [7, 11) is 0. The summed E-state index contributed by atoms with van der Waals surface area (Å²) in [6, 6.07) is 7.78. The molecular weight excluding hydrogens is 302 g/mol. The maximum absolute atomic E-state index is 12.6. The summed E-state index contributed by atoms with van der Waals surface area (Å²) >= 11 is 0. The number of hydrogen-bond acceptors (Lipinski definition) is 3. The molecule has 2 aliphatic rings. The van der Waals surface area contributed by atoms with E-state index < -0.39 is 0 Å². The predicted molar refractivity (Wildman–Crippen MR) is 93.3 cm³/mol. The lowest BCUT2D eigenvalue weighted by molar-refractivity contribution is -0.147. The maximum atomic E-state index is 12.6. The molecule has 0 unspecified atom stereocenters. The summed E-state index contributed by atoms with van der Waals surface area (Å²) in [5.74, 6) is 0.460. The van der Waals surface area contributed by atoms with Gasteiger partial charge >= 0.3 is 0 Å². The molecule has 2 fully saturated rings. The number of nitrogens with one attached hydrogen (secondary N) is 2. The van der Waals surface area contributed by atoms with E-state index >= 15 is 0 Å². The third kappa shape index (κ3) is 3.46. The van der Waals surface area contributed by atoms with E-state index in [0.29, 0.717) is 25.3 Å². The quantitative estimate of drug-likeness (QED) is 0.862. The van der Waals surface area contributed by atoms with Crippen molar-refractivity contribution in [3.63, 3.8) is 0 Å². The summed E-state index contributed by atoms with van der Waals surface area (Å²) < 4.78 is 0. The zero-order valence-electron chi connectivity index (χ0n) is 14.7. The Morgan fingerprint density at radius 3 is 2.75 bits per heavy atom. The molecule has 5 heteroatoms. The number of piperazine rings is 1. The van der Waals surface area contributed by atoms with E-state index in [9.17, 15) is 9.59 Å². The van der Waals surface area contributed by atoms with Crippen LogP contribution in [0.4, 0.5) is 0 Å².